The lowest BCUT2D eigenvalue weighted by molar-refractivity contribution is 0.190. The molecular weight excluding hydrogens is 476 g/mol. The molecule has 0 bridgehead atoms. The quantitative estimate of drug-likeness (QED) is 0.297. The van der Waals surface area contributed by atoms with E-state index in [0.717, 1.165) is 62.5 Å². The fourth-order valence-electron chi connectivity index (χ4n) is 6.20. The largest absolute Gasteiger partial charge is 0.299 e. The zero-order valence-electron chi connectivity index (χ0n) is 21.2. The molecule has 0 radical (unpaired) electrons. The minimum absolute atomic E-state index is 0.0507. The van der Waals surface area contributed by atoms with Crippen LogP contribution in [0.4, 0.5) is 0 Å². The minimum Gasteiger partial charge on any atom is -0.299 e. The number of fused-ring (bicyclic) bond motifs is 2. The number of sulfonamides is 1. The van der Waals surface area contributed by atoms with Crippen molar-refractivity contribution in [3.63, 3.8) is 0 Å². The molecule has 2 aliphatic rings. The van der Waals surface area contributed by atoms with Gasteiger partial charge in [0.15, 0.2) is 0 Å². The molecule has 5 heteroatoms. The van der Waals surface area contributed by atoms with Gasteiger partial charge in [0.1, 0.15) is 0 Å². The molecule has 0 amide bonds. The Morgan fingerprint density at radius 2 is 1.57 bits per heavy atom. The van der Waals surface area contributed by atoms with Gasteiger partial charge < -0.3 is 0 Å². The molecule has 4 aromatic carbocycles. The molecular formula is C32H34N2O2S. The first-order valence-corrected chi connectivity index (χ1v) is 14.9. The number of hydrogen-bond acceptors (Lipinski definition) is 3. The van der Waals surface area contributed by atoms with Gasteiger partial charge in [-0.25, -0.2) is 8.42 Å². The van der Waals surface area contributed by atoms with Crippen LogP contribution in [-0.2, 0) is 23.0 Å². The molecule has 0 saturated carbocycles. The second kappa shape index (κ2) is 10.4. The lowest BCUT2D eigenvalue weighted by atomic mass is 9.90. The van der Waals surface area contributed by atoms with Crippen molar-refractivity contribution in [1.29, 1.82) is 0 Å². The van der Waals surface area contributed by atoms with E-state index in [1.165, 1.54) is 22.3 Å². The summed E-state index contributed by atoms with van der Waals surface area (Å²) < 4.78 is 29.6. The van der Waals surface area contributed by atoms with E-state index in [-0.39, 0.29) is 6.04 Å². The summed E-state index contributed by atoms with van der Waals surface area (Å²) >= 11 is 0. The minimum atomic E-state index is -3.56. The second-order valence-electron chi connectivity index (χ2n) is 10.4. The Kier molecular flexibility index (Phi) is 6.85. The Morgan fingerprint density at radius 3 is 2.46 bits per heavy atom. The average Bonchev–Trinajstić information content (AvgIpc) is 2.96. The van der Waals surface area contributed by atoms with Crippen LogP contribution in [0.2, 0.25) is 0 Å². The van der Waals surface area contributed by atoms with E-state index in [4.69, 9.17) is 0 Å². The standard InChI is InChI=1S/C32H34N2O2S/c35-37(36,32-18-9-13-26-12-4-5-16-31(26)32)34-21-7-6-15-28(34)19-22-33-23-20-30-27(24-33)14-8-17-29(30)25-10-2-1-3-11-25/h1-5,8-14,16-18,28H,6-7,15,19-24H2. The summed E-state index contributed by atoms with van der Waals surface area (Å²) in [4.78, 5) is 2.95. The van der Waals surface area contributed by atoms with E-state index in [2.05, 4.69) is 53.4 Å². The zero-order valence-corrected chi connectivity index (χ0v) is 22.0. The van der Waals surface area contributed by atoms with E-state index in [1.54, 1.807) is 6.07 Å². The number of hydrogen-bond donors (Lipinski definition) is 0. The third-order valence-electron chi connectivity index (χ3n) is 8.12. The Balaban J connectivity index is 1.19. The van der Waals surface area contributed by atoms with Crippen molar-refractivity contribution in [2.24, 2.45) is 0 Å². The van der Waals surface area contributed by atoms with Crippen molar-refractivity contribution in [2.45, 2.75) is 49.6 Å². The molecule has 1 unspecified atom stereocenters. The van der Waals surface area contributed by atoms with E-state index < -0.39 is 10.0 Å². The molecule has 190 valence electrons. The average molecular weight is 511 g/mol. The first-order chi connectivity index (χ1) is 18.1. The van der Waals surface area contributed by atoms with Crippen molar-refractivity contribution < 1.29 is 8.42 Å². The van der Waals surface area contributed by atoms with Crippen molar-refractivity contribution in [2.75, 3.05) is 19.6 Å². The highest BCUT2D eigenvalue weighted by Crippen LogP contribution is 2.33. The Bertz CT molecular complexity index is 1490. The molecule has 1 atom stereocenters. The third-order valence-corrected chi connectivity index (χ3v) is 10.1. The van der Waals surface area contributed by atoms with Crippen LogP contribution in [0, 0.1) is 0 Å². The first-order valence-electron chi connectivity index (χ1n) is 13.5. The van der Waals surface area contributed by atoms with Gasteiger partial charge >= 0.3 is 0 Å². The maximum atomic E-state index is 13.9. The summed E-state index contributed by atoms with van der Waals surface area (Å²) in [5, 5.41) is 1.79. The van der Waals surface area contributed by atoms with Gasteiger partial charge in [0.05, 0.1) is 4.90 Å². The molecule has 1 fully saturated rings. The molecule has 0 aliphatic carbocycles. The van der Waals surface area contributed by atoms with Crippen LogP contribution < -0.4 is 0 Å². The van der Waals surface area contributed by atoms with Crippen molar-refractivity contribution in [1.82, 2.24) is 9.21 Å². The van der Waals surface area contributed by atoms with Gasteiger partial charge in [0.2, 0.25) is 10.0 Å². The summed E-state index contributed by atoms with van der Waals surface area (Å²) in [6.07, 6.45) is 4.86. The van der Waals surface area contributed by atoms with Crippen LogP contribution in [0.15, 0.2) is 95.9 Å². The lowest BCUT2D eigenvalue weighted by Gasteiger charge is -2.37. The maximum Gasteiger partial charge on any atom is 0.243 e. The highest BCUT2D eigenvalue weighted by molar-refractivity contribution is 7.89. The number of benzene rings is 4. The second-order valence-corrected chi connectivity index (χ2v) is 12.2. The molecule has 0 aromatic heterocycles. The number of rotatable bonds is 6. The molecule has 6 rings (SSSR count). The molecule has 4 nitrogen and oxygen atoms in total. The SMILES string of the molecule is O=S(=O)(c1cccc2ccccc12)N1CCCCC1CCN1CCc2c(cccc2-c2ccccc2)C1. The summed E-state index contributed by atoms with van der Waals surface area (Å²) in [6, 6.07) is 30.8. The molecule has 2 aliphatic heterocycles. The van der Waals surface area contributed by atoms with Gasteiger partial charge in [-0.1, -0.05) is 91.3 Å². The third kappa shape index (κ3) is 4.84. The Labute approximate surface area is 220 Å². The van der Waals surface area contributed by atoms with Gasteiger partial charge in [0, 0.05) is 37.6 Å². The maximum absolute atomic E-state index is 13.9. The van der Waals surface area contributed by atoms with E-state index in [9.17, 15) is 8.42 Å². The Hall–Kier alpha value is -2.99. The molecule has 0 spiro atoms. The predicted octanol–water partition coefficient (Wildman–Crippen LogP) is 6.50. The van der Waals surface area contributed by atoms with E-state index in [1.807, 2.05) is 40.7 Å². The summed E-state index contributed by atoms with van der Waals surface area (Å²) in [5.41, 5.74) is 5.49. The zero-order chi connectivity index (χ0) is 25.2. The summed E-state index contributed by atoms with van der Waals surface area (Å²) in [7, 11) is -3.56. The van der Waals surface area contributed by atoms with Crippen LogP contribution in [0.5, 0.6) is 0 Å². The van der Waals surface area contributed by atoms with Crippen LogP contribution in [0.3, 0.4) is 0 Å². The van der Waals surface area contributed by atoms with Gasteiger partial charge in [0.25, 0.3) is 0 Å². The normalized spacial score (nSPS) is 19.1. The molecule has 0 N–H and O–H groups in total. The van der Waals surface area contributed by atoms with Gasteiger partial charge in [-0.2, -0.15) is 4.31 Å². The van der Waals surface area contributed by atoms with E-state index in [0.29, 0.717) is 11.4 Å². The number of nitrogens with zero attached hydrogens (tertiary/aromatic N) is 2. The van der Waals surface area contributed by atoms with Crippen molar-refractivity contribution in [3.05, 3.63) is 102 Å². The van der Waals surface area contributed by atoms with Crippen LogP contribution >= 0.6 is 0 Å². The molecule has 37 heavy (non-hydrogen) atoms. The smallest absolute Gasteiger partial charge is 0.243 e. The predicted molar refractivity (Wildman–Crippen MR) is 151 cm³/mol. The fourth-order valence-corrected chi connectivity index (χ4v) is 8.14. The van der Waals surface area contributed by atoms with Crippen molar-refractivity contribution in [3.8, 4) is 11.1 Å². The summed E-state index contributed by atoms with van der Waals surface area (Å²) in [6.45, 7) is 3.47. The topological polar surface area (TPSA) is 40.6 Å². The fraction of sp³-hybridized carbons (Fsp3) is 0.312. The van der Waals surface area contributed by atoms with Crippen LogP contribution in [-0.4, -0.2) is 43.3 Å². The van der Waals surface area contributed by atoms with E-state index >= 15 is 0 Å². The summed E-state index contributed by atoms with van der Waals surface area (Å²) in [5.74, 6) is 0. The molecule has 2 heterocycles. The van der Waals surface area contributed by atoms with Gasteiger partial charge in [-0.05, 0) is 59.4 Å². The Morgan fingerprint density at radius 1 is 0.784 bits per heavy atom. The van der Waals surface area contributed by atoms with Crippen LogP contribution in [0.25, 0.3) is 21.9 Å². The molecule has 4 aromatic rings. The number of piperidine rings is 1. The monoisotopic (exact) mass is 510 g/mol. The first kappa shape index (κ1) is 24.4. The molecule has 1 saturated heterocycles. The van der Waals surface area contributed by atoms with Crippen molar-refractivity contribution >= 4 is 20.8 Å². The highest BCUT2D eigenvalue weighted by Gasteiger charge is 2.34. The highest BCUT2D eigenvalue weighted by atomic mass is 32.2. The van der Waals surface area contributed by atoms with Gasteiger partial charge in [-0.3, -0.25) is 4.90 Å². The van der Waals surface area contributed by atoms with Gasteiger partial charge in [-0.15, -0.1) is 0 Å². The van der Waals surface area contributed by atoms with Crippen LogP contribution in [0.1, 0.15) is 36.8 Å². The lowest BCUT2D eigenvalue weighted by Crippen LogP contribution is -2.45.